The number of ether oxygens (including phenoxy) is 2. The molecular formula is C37H41Cl2N5O6. The summed E-state index contributed by atoms with van der Waals surface area (Å²) in [5.74, 6) is 0.110. The number of rotatable bonds is 14. The summed E-state index contributed by atoms with van der Waals surface area (Å²) in [5, 5.41) is 26.0. The number of aromatic nitrogens is 2. The van der Waals surface area contributed by atoms with E-state index in [-0.39, 0.29) is 25.5 Å². The first-order chi connectivity index (χ1) is 24.1. The number of aliphatic hydroxyl groups excluding tert-OH is 1. The van der Waals surface area contributed by atoms with Gasteiger partial charge in [0.2, 0.25) is 11.8 Å². The van der Waals surface area contributed by atoms with Crippen LogP contribution >= 0.6 is 23.2 Å². The lowest BCUT2D eigenvalue weighted by atomic mass is 9.99. The number of hydrogen-bond acceptors (Lipinski definition) is 9. The van der Waals surface area contributed by atoms with Crippen LogP contribution in [0.4, 0.5) is 0 Å². The minimum atomic E-state index is -1.04. The molecule has 0 bridgehead atoms. The minimum absolute atomic E-state index is 0.0858. The number of aliphatic carboxylic acids is 1. The largest absolute Gasteiger partial charge is 0.496 e. The lowest BCUT2D eigenvalue weighted by Crippen LogP contribution is -2.44. The number of methoxy groups -OCH3 is 2. The highest BCUT2D eigenvalue weighted by atomic mass is 35.5. The number of carbonyl (C=O) groups is 2. The summed E-state index contributed by atoms with van der Waals surface area (Å²) in [4.78, 5) is 34.4. The highest BCUT2D eigenvalue weighted by Gasteiger charge is 2.22. The van der Waals surface area contributed by atoms with Crippen LogP contribution in [0.5, 0.6) is 11.6 Å². The number of carboxylic acids is 1. The van der Waals surface area contributed by atoms with Crippen LogP contribution < -0.4 is 20.1 Å². The van der Waals surface area contributed by atoms with Gasteiger partial charge in [0.1, 0.15) is 11.8 Å². The van der Waals surface area contributed by atoms with Crippen molar-refractivity contribution in [2.24, 2.45) is 0 Å². The summed E-state index contributed by atoms with van der Waals surface area (Å²) in [5.41, 5.74) is 5.64. The van der Waals surface area contributed by atoms with E-state index in [2.05, 4.69) is 15.6 Å². The molecule has 0 spiro atoms. The molecule has 13 heteroatoms. The Labute approximate surface area is 301 Å². The van der Waals surface area contributed by atoms with E-state index in [1.54, 1.807) is 26.3 Å². The molecule has 4 aromatic rings. The van der Waals surface area contributed by atoms with Crippen LogP contribution in [0, 0.1) is 0 Å². The standard InChI is InChI=1S/C37H41Cl2N5O6/c1-22(46)44-16-12-26(13-17-44)41-21-25-9-10-30(43-36(25)50-3)29-6-4-5-27(33(29)38)28-11-15-40-35(34(28)39)23-7-8-24(32(19-23)49-2)20-42-31(14-18-45)37(47)48/h4-11,15,19,26,31,41-42,45H,12-14,16-18,20-21H2,1-3H3,(H,47,48)/t31-/m0/s1. The third kappa shape index (κ3) is 8.54. The van der Waals surface area contributed by atoms with E-state index in [0.717, 1.165) is 37.1 Å². The number of halogens is 2. The first-order valence-electron chi connectivity index (χ1n) is 16.4. The van der Waals surface area contributed by atoms with Crippen molar-refractivity contribution in [3.05, 3.63) is 82.0 Å². The summed E-state index contributed by atoms with van der Waals surface area (Å²) in [6.07, 6.45) is 3.54. The molecule has 11 nitrogen and oxygen atoms in total. The summed E-state index contributed by atoms with van der Waals surface area (Å²) < 4.78 is 11.3. The number of aliphatic hydroxyl groups is 1. The van der Waals surface area contributed by atoms with Crippen molar-refractivity contribution in [2.75, 3.05) is 33.9 Å². The minimum Gasteiger partial charge on any atom is -0.496 e. The van der Waals surface area contributed by atoms with Crippen molar-refractivity contribution in [3.8, 4) is 45.3 Å². The number of nitrogens with zero attached hydrogens (tertiary/aromatic N) is 3. The number of carbonyl (C=O) groups excluding carboxylic acids is 1. The van der Waals surface area contributed by atoms with Crippen LogP contribution in [0.15, 0.2) is 60.8 Å². The fraction of sp³-hybridized carbons (Fsp3) is 0.351. The molecule has 1 fully saturated rings. The lowest BCUT2D eigenvalue weighted by molar-refractivity contribution is -0.140. The number of carboxylic acid groups (broad SMARTS) is 1. The molecule has 50 heavy (non-hydrogen) atoms. The van der Waals surface area contributed by atoms with Crippen molar-refractivity contribution in [2.45, 2.75) is 51.4 Å². The number of likely N-dealkylation sites (tertiary alicyclic amines) is 1. The van der Waals surface area contributed by atoms with Crippen LogP contribution in [-0.4, -0.2) is 83.0 Å². The molecule has 2 aromatic heterocycles. The lowest BCUT2D eigenvalue weighted by Gasteiger charge is -2.31. The van der Waals surface area contributed by atoms with Gasteiger partial charge >= 0.3 is 5.97 Å². The molecule has 3 heterocycles. The predicted molar refractivity (Wildman–Crippen MR) is 194 cm³/mol. The van der Waals surface area contributed by atoms with Crippen LogP contribution in [-0.2, 0) is 22.7 Å². The third-order valence-electron chi connectivity index (χ3n) is 8.92. The summed E-state index contributed by atoms with van der Waals surface area (Å²) in [7, 11) is 3.13. The van der Waals surface area contributed by atoms with Gasteiger partial charge in [0, 0.05) is 85.3 Å². The van der Waals surface area contributed by atoms with E-state index >= 15 is 0 Å². The molecule has 2 aromatic carbocycles. The zero-order valence-corrected chi connectivity index (χ0v) is 29.7. The Morgan fingerprint density at radius 1 is 0.960 bits per heavy atom. The van der Waals surface area contributed by atoms with Gasteiger partial charge in [-0.05, 0) is 37.5 Å². The van der Waals surface area contributed by atoms with Crippen molar-refractivity contribution < 1.29 is 29.3 Å². The highest BCUT2D eigenvalue weighted by Crippen LogP contribution is 2.42. The molecule has 4 N–H and O–H groups in total. The molecule has 1 aliphatic heterocycles. The van der Waals surface area contributed by atoms with Crippen molar-refractivity contribution in [1.29, 1.82) is 0 Å². The Balaban J connectivity index is 1.37. The van der Waals surface area contributed by atoms with Gasteiger partial charge in [-0.25, -0.2) is 4.98 Å². The Bertz CT molecular complexity index is 1830. The summed E-state index contributed by atoms with van der Waals surface area (Å²) in [6, 6.07) is 16.3. The fourth-order valence-electron chi connectivity index (χ4n) is 6.09. The monoisotopic (exact) mass is 721 g/mol. The molecule has 1 saturated heterocycles. The van der Waals surface area contributed by atoms with Crippen LogP contribution in [0.25, 0.3) is 33.6 Å². The van der Waals surface area contributed by atoms with Gasteiger partial charge in [0.15, 0.2) is 0 Å². The first-order valence-corrected chi connectivity index (χ1v) is 17.1. The highest BCUT2D eigenvalue weighted by molar-refractivity contribution is 6.39. The van der Waals surface area contributed by atoms with Gasteiger partial charge in [-0.15, -0.1) is 0 Å². The van der Waals surface area contributed by atoms with Crippen molar-refractivity contribution in [1.82, 2.24) is 25.5 Å². The van der Waals surface area contributed by atoms with Crippen LogP contribution in [0.2, 0.25) is 10.0 Å². The first kappa shape index (κ1) is 37.0. The van der Waals surface area contributed by atoms with E-state index in [1.165, 1.54) is 7.11 Å². The number of nitrogens with one attached hydrogen (secondary N) is 2. The van der Waals surface area contributed by atoms with Gasteiger partial charge in [0.25, 0.3) is 0 Å². The van der Waals surface area contributed by atoms with Crippen LogP contribution in [0.1, 0.15) is 37.3 Å². The van der Waals surface area contributed by atoms with Gasteiger partial charge in [-0.1, -0.05) is 59.6 Å². The maximum atomic E-state index is 11.7. The molecular weight excluding hydrogens is 681 g/mol. The van der Waals surface area contributed by atoms with E-state index in [9.17, 15) is 19.8 Å². The number of amides is 1. The summed E-state index contributed by atoms with van der Waals surface area (Å²) in [6.45, 7) is 3.68. The maximum absolute atomic E-state index is 11.7. The van der Waals surface area contributed by atoms with Crippen molar-refractivity contribution >= 4 is 35.1 Å². The Morgan fingerprint density at radius 2 is 1.68 bits per heavy atom. The van der Waals surface area contributed by atoms with Crippen molar-refractivity contribution in [3.63, 3.8) is 0 Å². The molecule has 1 amide bonds. The van der Waals surface area contributed by atoms with Gasteiger partial charge < -0.3 is 35.2 Å². The molecule has 5 rings (SSSR count). The fourth-order valence-corrected chi connectivity index (χ4v) is 6.73. The molecule has 1 atom stereocenters. The second kappa shape index (κ2) is 17.1. The molecule has 0 saturated carbocycles. The van der Waals surface area contributed by atoms with E-state index in [0.29, 0.717) is 67.9 Å². The smallest absolute Gasteiger partial charge is 0.320 e. The number of pyridine rings is 2. The number of hydrogen-bond donors (Lipinski definition) is 4. The average molecular weight is 723 g/mol. The number of piperidine rings is 1. The number of benzene rings is 2. The Morgan fingerprint density at radius 3 is 2.36 bits per heavy atom. The summed E-state index contributed by atoms with van der Waals surface area (Å²) >= 11 is 14.1. The Hall–Kier alpha value is -4.26. The third-order valence-corrected chi connectivity index (χ3v) is 9.71. The van der Waals surface area contributed by atoms with Gasteiger partial charge in [-0.3, -0.25) is 14.6 Å². The average Bonchev–Trinajstić information content (AvgIpc) is 3.12. The molecule has 0 aliphatic carbocycles. The van der Waals surface area contributed by atoms with Gasteiger partial charge in [-0.2, -0.15) is 0 Å². The van der Waals surface area contributed by atoms with E-state index in [4.69, 9.17) is 37.7 Å². The normalized spacial score (nSPS) is 14.0. The molecule has 1 aliphatic rings. The maximum Gasteiger partial charge on any atom is 0.320 e. The van der Waals surface area contributed by atoms with E-state index < -0.39 is 12.0 Å². The molecule has 0 radical (unpaired) electrons. The zero-order chi connectivity index (χ0) is 35.8. The zero-order valence-electron chi connectivity index (χ0n) is 28.2. The molecule has 264 valence electrons. The quantitative estimate of drug-likeness (QED) is 0.126. The van der Waals surface area contributed by atoms with E-state index in [1.807, 2.05) is 53.4 Å². The predicted octanol–water partition coefficient (Wildman–Crippen LogP) is 5.83. The second-order valence-corrected chi connectivity index (χ2v) is 12.8. The second-order valence-electron chi connectivity index (χ2n) is 12.0. The van der Waals surface area contributed by atoms with Crippen LogP contribution in [0.3, 0.4) is 0 Å². The topological polar surface area (TPSA) is 146 Å². The SMILES string of the molecule is COc1cc(-c2nccc(-c3cccc(-c4ccc(CNC5CCN(C(C)=O)CC5)c(OC)n4)c3Cl)c2Cl)ccc1CN[C@@H](CCO)C(=O)O. The molecule has 0 unspecified atom stereocenters. The Kier molecular flexibility index (Phi) is 12.7. The van der Waals surface area contributed by atoms with Gasteiger partial charge in [0.05, 0.1) is 35.7 Å².